The van der Waals surface area contributed by atoms with E-state index < -0.39 is 6.61 Å². The van der Waals surface area contributed by atoms with Gasteiger partial charge in [-0.3, -0.25) is 9.59 Å². The van der Waals surface area contributed by atoms with Crippen LogP contribution < -0.4 is 4.74 Å². The van der Waals surface area contributed by atoms with Crippen LogP contribution in [0.3, 0.4) is 0 Å². The zero-order chi connectivity index (χ0) is 19.2. The predicted octanol–water partition coefficient (Wildman–Crippen LogP) is 1.93. The molecule has 6 nitrogen and oxygen atoms in total. The van der Waals surface area contributed by atoms with Gasteiger partial charge in [0, 0.05) is 26.2 Å². The summed E-state index contributed by atoms with van der Waals surface area (Å²) in [6.07, 6.45) is 1.76. The first kappa shape index (κ1) is 19.5. The quantitative estimate of drug-likeness (QED) is 0.781. The molecule has 1 aromatic rings. The minimum atomic E-state index is -2.87. The Labute approximate surface area is 157 Å². The highest BCUT2D eigenvalue weighted by atomic mass is 19.3. The molecule has 2 fully saturated rings. The number of piperidine rings is 1. The first-order valence-corrected chi connectivity index (χ1v) is 9.21. The molecule has 0 saturated carbocycles. The molecule has 2 saturated heterocycles. The van der Waals surface area contributed by atoms with Crippen molar-refractivity contribution in [2.75, 3.05) is 39.4 Å². The van der Waals surface area contributed by atoms with E-state index in [0.29, 0.717) is 39.4 Å². The lowest BCUT2D eigenvalue weighted by molar-refractivity contribution is -0.143. The lowest BCUT2D eigenvalue weighted by atomic mass is 9.95. The molecule has 0 bridgehead atoms. The molecule has 3 rings (SSSR count). The molecule has 0 aliphatic carbocycles. The lowest BCUT2D eigenvalue weighted by Crippen LogP contribution is -2.49. The number of hydrogen-bond donors (Lipinski definition) is 0. The number of carbonyl (C=O) groups is 2. The first-order chi connectivity index (χ1) is 13.0. The third-order valence-corrected chi connectivity index (χ3v) is 4.95. The fourth-order valence-corrected chi connectivity index (χ4v) is 3.52. The number of benzene rings is 1. The van der Waals surface area contributed by atoms with Gasteiger partial charge in [-0.05, 0) is 30.5 Å². The number of amides is 2. The number of hydrogen-bond acceptors (Lipinski definition) is 4. The van der Waals surface area contributed by atoms with Crippen LogP contribution in [0.15, 0.2) is 24.3 Å². The molecular formula is C19H24F2N2O4. The van der Waals surface area contributed by atoms with Crippen molar-refractivity contribution in [2.45, 2.75) is 25.9 Å². The molecule has 2 heterocycles. The minimum absolute atomic E-state index is 0.0583. The normalized spacial score (nSPS) is 20.6. The molecule has 1 aromatic carbocycles. The standard InChI is InChI=1S/C19H24F2N2O4/c20-19(21)27-16-5-3-14(4-6-16)12-17(24)23-7-1-2-15(13-23)18(25)22-8-10-26-11-9-22/h3-6,15,19H,1-2,7-13H2. The monoisotopic (exact) mass is 382 g/mol. The molecule has 0 radical (unpaired) electrons. The molecule has 2 aliphatic heterocycles. The highest BCUT2D eigenvalue weighted by Gasteiger charge is 2.31. The summed E-state index contributed by atoms with van der Waals surface area (Å²) in [5, 5.41) is 0. The molecule has 1 unspecified atom stereocenters. The van der Waals surface area contributed by atoms with Crippen molar-refractivity contribution < 1.29 is 27.8 Å². The summed E-state index contributed by atoms with van der Waals surface area (Å²) in [6, 6.07) is 6.07. The lowest BCUT2D eigenvalue weighted by Gasteiger charge is -2.36. The SMILES string of the molecule is O=C(Cc1ccc(OC(F)F)cc1)N1CCCC(C(=O)N2CCOCC2)C1. The van der Waals surface area contributed by atoms with E-state index in [1.807, 2.05) is 4.90 Å². The third kappa shape index (κ3) is 5.38. The number of carbonyl (C=O) groups excluding carboxylic acids is 2. The number of ether oxygens (including phenoxy) is 2. The Bertz CT molecular complexity index is 648. The van der Waals surface area contributed by atoms with E-state index in [-0.39, 0.29) is 29.9 Å². The second-order valence-corrected chi connectivity index (χ2v) is 6.82. The van der Waals surface area contributed by atoms with Crippen LogP contribution in [0.25, 0.3) is 0 Å². The highest BCUT2D eigenvalue weighted by Crippen LogP contribution is 2.21. The van der Waals surface area contributed by atoms with Gasteiger partial charge in [0.1, 0.15) is 5.75 Å². The summed E-state index contributed by atoms with van der Waals surface area (Å²) in [5.74, 6) is -0.0562. The predicted molar refractivity (Wildman–Crippen MR) is 93.5 cm³/mol. The van der Waals surface area contributed by atoms with Crippen molar-refractivity contribution in [2.24, 2.45) is 5.92 Å². The number of alkyl halides is 2. The zero-order valence-corrected chi connectivity index (χ0v) is 15.1. The molecule has 0 spiro atoms. The number of likely N-dealkylation sites (tertiary alicyclic amines) is 1. The summed E-state index contributed by atoms with van der Waals surface area (Å²) in [7, 11) is 0. The average molecular weight is 382 g/mol. The second kappa shape index (κ2) is 9.12. The number of morpholine rings is 1. The van der Waals surface area contributed by atoms with E-state index >= 15 is 0 Å². The molecule has 8 heteroatoms. The van der Waals surface area contributed by atoms with Crippen molar-refractivity contribution in [1.82, 2.24) is 9.80 Å². The Hall–Kier alpha value is -2.22. The van der Waals surface area contributed by atoms with Gasteiger partial charge in [0.05, 0.1) is 25.6 Å². The van der Waals surface area contributed by atoms with Gasteiger partial charge in [-0.15, -0.1) is 0 Å². The van der Waals surface area contributed by atoms with Crippen molar-refractivity contribution in [1.29, 1.82) is 0 Å². The number of nitrogens with zero attached hydrogens (tertiary/aromatic N) is 2. The van der Waals surface area contributed by atoms with Gasteiger partial charge >= 0.3 is 6.61 Å². The van der Waals surface area contributed by atoms with Crippen molar-refractivity contribution >= 4 is 11.8 Å². The molecule has 27 heavy (non-hydrogen) atoms. The maximum Gasteiger partial charge on any atom is 0.387 e. The largest absolute Gasteiger partial charge is 0.435 e. The summed E-state index contributed by atoms with van der Waals surface area (Å²) >= 11 is 0. The summed E-state index contributed by atoms with van der Waals surface area (Å²) in [5.41, 5.74) is 0.725. The van der Waals surface area contributed by atoms with Crippen LogP contribution in [0, 0.1) is 5.92 Å². The Morgan fingerprint density at radius 1 is 1.11 bits per heavy atom. The van der Waals surface area contributed by atoms with Crippen LogP contribution in [0.4, 0.5) is 8.78 Å². The first-order valence-electron chi connectivity index (χ1n) is 9.21. The van der Waals surface area contributed by atoms with Crippen LogP contribution in [0.5, 0.6) is 5.75 Å². The topological polar surface area (TPSA) is 59.1 Å². The summed E-state index contributed by atoms with van der Waals surface area (Å²) in [6.45, 7) is 0.539. The minimum Gasteiger partial charge on any atom is -0.435 e. The molecule has 2 amide bonds. The van der Waals surface area contributed by atoms with E-state index in [1.54, 1.807) is 17.0 Å². The summed E-state index contributed by atoms with van der Waals surface area (Å²) in [4.78, 5) is 28.8. The molecule has 1 atom stereocenters. The van der Waals surface area contributed by atoms with Crippen LogP contribution in [-0.4, -0.2) is 67.6 Å². The second-order valence-electron chi connectivity index (χ2n) is 6.82. The van der Waals surface area contributed by atoms with Gasteiger partial charge in [-0.25, -0.2) is 0 Å². The molecule has 148 valence electrons. The van der Waals surface area contributed by atoms with Gasteiger partial charge in [0.15, 0.2) is 0 Å². The van der Waals surface area contributed by atoms with Gasteiger partial charge in [0.25, 0.3) is 0 Å². The fourth-order valence-electron chi connectivity index (χ4n) is 3.52. The van der Waals surface area contributed by atoms with Gasteiger partial charge in [-0.1, -0.05) is 12.1 Å². The van der Waals surface area contributed by atoms with E-state index in [9.17, 15) is 18.4 Å². The van der Waals surface area contributed by atoms with Crippen LogP contribution in [0.2, 0.25) is 0 Å². The maximum atomic E-state index is 12.7. The Balaban J connectivity index is 1.54. The van der Waals surface area contributed by atoms with Gasteiger partial charge < -0.3 is 19.3 Å². The molecular weight excluding hydrogens is 358 g/mol. The molecule has 0 aromatic heterocycles. The van der Waals surface area contributed by atoms with Crippen molar-refractivity contribution in [3.63, 3.8) is 0 Å². The number of rotatable bonds is 5. The van der Waals surface area contributed by atoms with Gasteiger partial charge in [0.2, 0.25) is 11.8 Å². The van der Waals surface area contributed by atoms with Crippen molar-refractivity contribution in [3.8, 4) is 5.75 Å². The third-order valence-electron chi connectivity index (χ3n) is 4.95. The van der Waals surface area contributed by atoms with Crippen LogP contribution >= 0.6 is 0 Å². The zero-order valence-electron chi connectivity index (χ0n) is 15.1. The molecule has 2 aliphatic rings. The van der Waals surface area contributed by atoms with E-state index in [4.69, 9.17) is 4.74 Å². The maximum absolute atomic E-state index is 12.7. The van der Waals surface area contributed by atoms with Crippen LogP contribution in [0.1, 0.15) is 18.4 Å². The van der Waals surface area contributed by atoms with E-state index in [1.165, 1.54) is 12.1 Å². The number of halogens is 2. The Kier molecular flexibility index (Phi) is 6.60. The Morgan fingerprint density at radius 3 is 2.48 bits per heavy atom. The van der Waals surface area contributed by atoms with E-state index in [2.05, 4.69) is 4.74 Å². The fraction of sp³-hybridized carbons (Fsp3) is 0.579. The molecule has 0 N–H and O–H groups in total. The van der Waals surface area contributed by atoms with E-state index in [0.717, 1.165) is 18.4 Å². The van der Waals surface area contributed by atoms with Crippen LogP contribution in [-0.2, 0) is 20.7 Å². The Morgan fingerprint density at radius 2 is 1.81 bits per heavy atom. The van der Waals surface area contributed by atoms with Gasteiger partial charge in [-0.2, -0.15) is 8.78 Å². The summed E-state index contributed by atoms with van der Waals surface area (Å²) < 4.78 is 34.0. The highest BCUT2D eigenvalue weighted by molar-refractivity contribution is 5.82. The van der Waals surface area contributed by atoms with Crippen molar-refractivity contribution in [3.05, 3.63) is 29.8 Å². The average Bonchev–Trinajstić information content (AvgIpc) is 2.69. The smallest absolute Gasteiger partial charge is 0.387 e.